The highest BCUT2D eigenvalue weighted by Gasteiger charge is 2.46. The SMILES string of the molecule is O=C(CN1C(=O)COc2ccc(Cl)cc21)NC1CC2CC2C1. The first-order chi connectivity index (χ1) is 10.6. The maximum Gasteiger partial charge on any atom is 0.265 e. The zero-order valence-corrected chi connectivity index (χ0v) is 12.8. The molecule has 0 spiro atoms. The van der Waals surface area contributed by atoms with Gasteiger partial charge in [0.15, 0.2) is 6.61 Å². The quantitative estimate of drug-likeness (QED) is 0.926. The first kappa shape index (κ1) is 13.9. The summed E-state index contributed by atoms with van der Waals surface area (Å²) in [7, 11) is 0. The molecule has 2 amide bonds. The van der Waals surface area contributed by atoms with Crippen LogP contribution in [0.15, 0.2) is 18.2 Å². The molecule has 0 radical (unpaired) electrons. The van der Waals surface area contributed by atoms with Crippen LogP contribution in [0.4, 0.5) is 5.69 Å². The smallest absolute Gasteiger partial charge is 0.265 e. The summed E-state index contributed by atoms with van der Waals surface area (Å²) < 4.78 is 5.37. The fourth-order valence-corrected chi connectivity index (χ4v) is 3.76. The lowest BCUT2D eigenvalue weighted by atomic mass is 10.1. The molecular weight excluding hydrogens is 304 g/mol. The minimum Gasteiger partial charge on any atom is -0.482 e. The Morgan fingerprint density at radius 3 is 2.86 bits per heavy atom. The molecule has 0 aromatic heterocycles. The van der Waals surface area contributed by atoms with Crippen molar-refractivity contribution in [3.8, 4) is 5.75 Å². The van der Waals surface area contributed by atoms with Crippen molar-refractivity contribution < 1.29 is 14.3 Å². The fourth-order valence-electron chi connectivity index (χ4n) is 3.60. The van der Waals surface area contributed by atoms with Gasteiger partial charge in [0.1, 0.15) is 12.3 Å². The van der Waals surface area contributed by atoms with Crippen molar-refractivity contribution in [3.05, 3.63) is 23.2 Å². The molecule has 1 aromatic carbocycles. The van der Waals surface area contributed by atoms with Gasteiger partial charge < -0.3 is 10.1 Å². The number of fused-ring (bicyclic) bond motifs is 2. The van der Waals surface area contributed by atoms with E-state index in [0.29, 0.717) is 16.5 Å². The summed E-state index contributed by atoms with van der Waals surface area (Å²) in [5, 5.41) is 3.56. The van der Waals surface area contributed by atoms with Crippen LogP contribution < -0.4 is 15.0 Å². The van der Waals surface area contributed by atoms with Gasteiger partial charge in [0.2, 0.25) is 5.91 Å². The monoisotopic (exact) mass is 320 g/mol. The molecule has 0 bridgehead atoms. The summed E-state index contributed by atoms with van der Waals surface area (Å²) in [6.45, 7) is -0.0309. The van der Waals surface area contributed by atoms with Crippen molar-refractivity contribution in [3.63, 3.8) is 0 Å². The number of carbonyl (C=O) groups is 2. The van der Waals surface area contributed by atoms with E-state index in [2.05, 4.69) is 5.32 Å². The predicted molar refractivity (Wildman–Crippen MR) is 82.1 cm³/mol. The Morgan fingerprint density at radius 1 is 1.32 bits per heavy atom. The molecule has 3 aliphatic rings. The molecule has 1 N–H and O–H groups in total. The van der Waals surface area contributed by atoms with Gasteiger partial charge in [-0.1, -0.05) is 11.6 Å². The van der Waals surface area contributed by atoms with Crippen LogP contribution in [0.5, 0.6) is 5.75 Å². The number of halogens is 1. The highest BCUT2D eigenvalue weighted by atomic mass is 35.5. The van der Waals surface area contributed by atoms with Crippen LogP contribution in [0.2, 0.25) is 5.02 Å². The summed E-state index contributed by atoms with van der Waals surface area (Å²) in [4.78, 5) is 25.8. The summed E-state index contributed by atoms with van der Waals surface area (Å²) in [6, 6.07) is 5.36. The zero-order chi connectivity index (χ0) is 15.3. The summed E-state index contributed by atoms with van der Waals surface area (Å²) in [6.07, 6.45) is 3.48. The van der Waals surface area contributed by atoms with Gasteiger partial charge in [0, 0.05) is 11.1 Å². The summed E-state index contributed by atoms with van der Waals surface area (Å²) in [5.41, 5.74) is 0.563. The van der Waals surface area contributed by atoms with Crippen molar-refractivity contribution in [1.82, 2.24) is 5.32 Å². The van der Waals surface area contributed by atoms with Gasteiger partial charge in [-0.2, -0.15) is 0 Å². The second kappa shape index (κ2) is 5.16. The molecule has 1 aromatic rings. The lowest BCUT2D eigenvalue weighted by molar-refractivity contribution is -0.125. The number of carbonyl (C=O) groups excluding carboxylic acids is 2. The van der Waals surface area contributed by atoms with Gasteiger partial charge in [-0.05, 0) is 49.3 Å². The maximum atomic E-state index is 12.3. The normalized spacial score (nSPS) is 28.7. The Morgan fingerprint density at radius 2 is 2.09 bits per heavy atom. The summed E-state index contributed by atoms with van der Waals surface area (Å²) in [5.74, 6) is 1.87. The first-order valence-corrected chi connectivity index (χ1v) is 8.00. The molecule has 5 nitrogen and oxygen atoms in total. The maximum absolute atomic E-state index is 12.3. The average molecular weight is 321 g/mol. The third-order valence-corrected chi connectivity index (χ3v) is 5.01. The van der Waals surface area contributed by atoms with Crippen LogP contribution in [0.1, 0.15) is 19.3 Å². The molecule has 0 saturated heterocycles. The molecule has 4 rings (SSSR count). The van der Waals surface area contributed by atoms with Crippen LogP contribution in [0.25, 0.3) is 0 Å². The molecule has 2 unspecified atom stereocenters. The van der Waals surface area contributed by atoms with E-state index < -0.39 is 0 Å². The fraction of sp³-hybridized carbons (Fsp3) is 0.500. The van der Waals surface area contributed by atoms with E-state index in [9.17, 15) is 9.59 Å². The first-order valence-electron chi connectivity index (χ1n) is 7.62. The molecule has 6 heteroatoms. The van der Waals surface area contributed by atoms with Gasteiger partial charge in [0.25, 0.3) is 5.91 Å². The third-order valence-electron chi connectivity index (χ3n) is 4.77. The highest BCUT2D eigenvalue weighted by molar-refractivity contribution is 6.31. The summed E-state index contributed by atoms with van der Waals surface area (Å²) >= 11 is 5.99. The Bertz CT molecular complexity index is 638. The Hall–Kier alpha value is -1.75. The topological polar surface area (TPSA) is 58.6 Å². The molecule has 2 fully saturated rings. The predicted octanol–water partition coefficient (Wildman–Crippen LogP) is 1.98. The van der Waals surface area contributed by atoms with E-state index in [1.54, 1.807) is 18.2 Å². The molecule has 1 heterocycles. The van der Waals surface area contributed by atoms with Gasteiger partial charge in [-0.3, -0.25) is 14.5 Å². The molecular formula is C16H17ClN2O3. The lowest BCUT2D eigenvalue weighted by Crippen LogP contribution is -2.47. The number of rotatable bonds is 3. The van der Waals surface area contributed by atoms with Crippen molar-refractivity contribution in [2.24, 2.45) is 11.8 Å². The molecule has 2 atom stereocenters. The van der Waals surface area contributed by atoms with Crippen LogP contribution in [0.3, 0.4) is 0 Å². The van der Waals surface area contributed by atoms with E-state index in [1.807, 2.05) is 0 Å². The van der Waals surface area contributed by atoms with E-state index in [4.69, 9.17) is 16.3 Å². The lowest BCUT2D eigenvalue weighted by Gasteiger charge is -2.29. The van der Waals surface area contributed by atoms with E-state index in [-0.39, 0.29) is 31.0 Å². The second-order valence-electron chi connectivity index (χ2n) is 6.37. The van der Waals surface area contributed by atoms with Gasteiger partial charge in [-0.25, -0.2) is 0 Å². The van der Waals surface area contributed by atoms with E-state index >= 15 is 0 Å². The molecule has 22 heavy (non-hydrogen) atoms. The number of hydrogen-bond acceptors (Lipinski definition) is 3. The molecule has 1 aliphatic heterocycles. The zero-order valence-electron chi connectivity index (χ0n) is 12.0. The second-order valence-corrected chi connectivity index (χ2v) is 6.81. The van der Waals surface area contributed by atoms with Crippen LogP contribution in [-0.4, -0.2) is 31.0 Å². The highest BCUT2D eigenvalue weighted by Crippen LogP contribution is 2.51. The number of ether oxygens (including phenoxy) is 1. The van der Waals surface area contributed by atoms with Gasteiger partial charge >= 0.3 is 0 Å². The van der Waals surface area contributed by atoms with E-state index in [0.717, 1.165) is 24.7 Å². The van der Waals surface area contributed by atoms with Crippen molar-refractivity contribution in [2.45, 2.75) is 25.3 Å². The van der Waals surface area contributed by atoms with Crippen molar-refractivity contribution in [1.29, 1.82) is 0 Å². The minimum atomic E-state index is -0.223. The Kier molecular flexibility index (Phi) is 3.26. The van der Waals surface area contributed by atoms with Crippen LogP contribution >= 0.6 is 11.6 Å². The number of nitrogens with zero attached hydrogens (tertiary/aromatic N) is 1. The number of anilines is 1. The minimum absolute atomic E-state index is 0.0152. The van der Waals surface area contributed by atoms with Crippen LogP contribution in [-0.2, 0) is 9.59 Å². The molecule has 2 aliphatic carbocycles. The van der Waals surface area contributed by atoms with Crippen molar-refractivity contribution >= 4 is 29.1 Å². The molecule has 2 saturated carbocycles. The van der Waals surface area contributed by atoms with Gasteiger partial charge in [-0.15, -0.1) is 0 Å². The number of benzene rings is 1. The van der Waals surface area contributed by atoms with Crippen LogP contribution in [0, 0.1) is 11.8 Å². The number of hydrogen-bond donors (Lipinski definition) is 1. The van der Waals surface area contributed by atoms with Crippen molar-refractivity contribution in [2.75, 3.05) is 18.1 Å². The average Bonchev–Trinajstić information content (AvgIpc) is 3.09. The number of nitrogens with one attached hydrogen (secondary N) is 1. The largest absolute Gasteiger partial charge is 0.482 e. The third kappa shape index (κ3) is 2.54. The van der Waals surface area contributed by atoms with Gasteiger partial charge in [0.05, 0.1) is 5.69 Å². The van der Waals surface area contributed by atoms with E-state index in [1.165, 1.54) is 11.3 Å². The Balaban J connectivity index is 1.46. The molecule has 116 valence electrons. The standard InChI is InChI=1S/C16H17ClN2O3/c17-11-1-2-14-13(6-11)19(16(21)8-22-14)7-15(20)18-12-4-9-3-10(9)5-12/h1-2,6,9-10,12H,3-5,7-8H2,(H,18,20). The number of amides is 2. The Labute approximate surface area is 133 Å².